The summed E-state index contributed by atoms with van der Waals surface area (Å²) in [6, 6.07) is -0.0243. The molecule has 4 nitrogen and oxygen atoms in total. The van der Waals surface area contributed by atoms with Gasteiger partial charge in [0.2, 0.25) is 5.91 Å². The molecule has 0 aromatic rings. The van der Waals surface area contributed by atoms with Crippen LogP contribution in [0.2, 0.25) is 0 Å². The number of amides is 1. The molecule has 1 heterocycles. The van der Waals surface area contributed by atoms with E-state index in [1.165, 1.54) is 0 Å². The molecule has 0 radical (unpaired) electrons. The van der Waals surface area contributed by atoms with Crippen LogP contribution in [0.5, 0.6) is 0 Å². The van der Waals surface area contributed by atoms with E-state index in [0.717, 1.165) is 12.8 Å². The van der Waals surface area contributed by atoms with Gasteiger partial charge in [-0.3, -0.25) is 4.79 Å². The Morgan fingerprint density at radius 1 is 1.47 bits per heavy atom. The van der Waals surface area contributed by atoms with Gasteiger partial charge in [-0.05, 0) is 12.8 Å². The normalized spacial score (nSPS) is 21.6. The Labute approximate surface area is 97.9 Å². The van der Waals surface area contributed by atoms with E-state index < -0.39 is 12.8 Å². The number of piperidine rings is 1. The van der Waals surface area contributed by atoms with Crippen LogP contribution < -0.4 is 5.73 Å². The van der Waals surface area contributed by atoms with Crippen molar-refractivity contribution in [2.75, 3.05) is 26.3 Å². The van der Waals surface area contributed by atoms with Crippen LogP contribution in [0.25, 0.3) is 0 Å². The van der Waals surface area contributed by atoms with Gasteiger partial charge in [0.05, 0.1) is 13.0 Å². The number of hydrogen-bond donors (Lipinski definition) is 1. The number of carbonyl (C=O) groups excluding carboxylic acids is 1. The number of nitrogens with zero attached hydrogens (tertiary/aromatic N) is 1. The van der Waals surface area contributed by atoms with Gasteiger partial charge in [0.25, 0.3) is 0 Å². The molecular weight excluding hydrogens is 237 g/mol. The third-order valence-corrected chi connectivity index (χ3v) is 2.54. The van der Waals surface area contributed by atoms with Gasteiger partial charge in [-0.2, -0.15) is 13.2 Å². The molecule has 0 saturated carbocycles. The number of likely N-dealkylation sites (tertiary alicyclic amines) is 1. The first-order valence-corrected chi connectivity index (χ1v) is 5.56. The minimum atomic E-state index is -4.34. The van der Waals surface area contributed by atoms with Gasteiger partial charge in [0, 0.05) is 19.1 Å². The van der Waals surface area contributed by atoms with E-state index in [0.29, 0.717) is 13.1 Å². The molecule has 0 aliphatic carbocycles. The van der Waals surface area contributed by atoms with Crippen molar-refractivity contribution in [3.63, 3.8) is 0 Å². The molecule has 1 aliphatic heterocycles. The molecule has 1 fully saturated rings. The first-order valence-electron chi connectivity index (χ1n) is 5.56. The Kier molecular flexibility index (Phi) is 5.20. The van der Waals surface area contributed by atoms with Crippen LogP contribution in [0.3, 0.4) is 0 Å². The Hall–Kier alpha value is -0.820. The highest BCUT2D eigenvalue weighted by Gasteiger charge is 2.27. The van der Waals surface area contributed by atoms with Crippen molar-refractivity contribution in [1.82, 2.24) is 4.90 Å². The zero-order chi connectivity index (χ0) is 12.9. The standard InChI is InChI=1S/C10H17F3N2O2/c11-10(12,13)7-17-5-3-9(16)15-4-1-2-8(14)6-15/h8H,1-7,14H2/t8-/m1/s1. The molecule has 1 saturated heterocycles. The highest BCUT2D eigenvalue weighted by molar-refractivity contribution is 5.76. The molecule has 7 heteroatoms. The molecule has 0 spiro atoms. The van der Waals surface area contributed by atoms with Gasteiger partial charge in [0.15, 0.2) is 0 Å². The number of ether oxygens (including phenoxy) is 1. The molecular formula is C10H17F3N2O2. The zero-order valence-corrected chi connectivity index (χ0v) is 9.50. The van der Waals surface area contributed by atoms with Crippen LogP contribution in [-0.2, 0) is 9.53 Å². The summed E-state index contributed by atoms with van der Waals surface area (Å²) in [5, 5.41) is 0. The van der Waals surface area contributed by atoms with Crippen LogP contribution in [0.15, 0.2) is 0 Å². The maximum Gasteiger partial charge on any atom is 0.411 e. The second-order valence-corrected chi connectivity index (χ2v) is 4.16. The second-order valence-electron chi connectivity index (χ2n) is 4.16. The smallest absolute Gasteiger partial charge is 0.372 e. The van der Waals surface area contributed by atoms with E-state index >= 15 is 0 Å². The van der Waals surface area contributed by atoms with Gasteiger partial charge >= 0.3 is 6.18 Å². The third kappa shape index (κ3) is 5.88. The van der Waals surface area contributed by atoms with Gasteiger partial charge in [0.1, 0.15) is 6.61 Å². The molecule has 1 atom stereocenters. The van der Waals surface area contributed by atoms with Crippen molar-refractivity contribution in [3.05, 3.63) is 0 Å². The maximum absolute atomic E-state index is 11.7. The van der Waals surface area contributed by atoms with Crippen molar-refractivity contribution >= 4 is 5.91 Å². The fourth-order valence-corrected chi connectivity index (χ4v) is 1.74. The average molecular weight is 254 g/mol. The zero-order valence-electron chi connectivity index (χ0n) is 9.50. The van der Waals surface area contributed by atoms with Crippen molar-refractivity contribution in [2.45, 2.75) is 31.5 Å². The summed E-state index contributed by atoms with van der Waals surface area (Å²) in [5.74, 6) is -0.192. The minimum absolute atomic E-state index is 0.0243. The lowest BCUT2D eigenvalue weighted by molar-refractivity contribution is -0.175. The molecule has 1 amide bonds. The summed E-state index contributed by atoms with van der Waals surface area (Å²) in [4.78, 5) is 13.2. The Bertz CT molecular complexity index is 258. The number of nitrogens with two attached hydrogens (primary N) is 1. The van der Waals surface area contributed by atoms with E-state index in [4.69, 9.17) is 5.73 Å². The van der Waals surface area contributed by atoms with Crippen LogP contribution in [0.4, 0.5) is 13.2 Å². The number of halogens is 3. The molecule has 1 aliphatic rings. The molecule has 2 N–H and O–H groups in total. The molecule has 1 rings (SSSR count). The molecule has 0 unspecified atom stereocenters. The van der Waals surface area contributed by atoms with Crippen LogP contribution in [0, 0.1) is 0 Å². The van der Waals surface area contributed by atoms with Crippen LogP contribution >= 0.6 is 0 Å². The Balaban J connectivity index is 2.16. The predicted molar refractivity (Wildman–Crippen MR) is 55.3 cm³/mol. The summed E-state index contributed by atoms with van der Waals surface area (Å²) >= 11 is 0. The van der Waals surface area contributed by atoms with E-state index in [2.05, 4.69) is 4.74 Å². The monoisotopic (exact) mass is 254 g/mol. The first kappa shape index (κ1) is 14.2. The lowest BCUT2D eigenvalue weighted by Crippen LogP contribution is -2.45. The summed E-state index contributed by atoms with van der Waals surface area (Å²) in [7, 11) is 0. The number of carbonyl (C=O) groups is 1. The predicted octanol–water partition coefficient (Wildman–Crippen LogP) is 0.905. The number of rotatable bonds is 4. The highest BCUT2D eigenvalue weighted by Crippen LogP contribution is 2.15. The van der Waals surface area contributed by atoms with Gasteiger partial charge < -0.3 is 15.4 Å². The maximum atomic E-state index is 11.7. The fourth-order valence-electron chi connectivity index (χ4n) is 1.74. The van der Waals surface area contributed by atoms with Crippen molar-refractivity contribution in [2.24, 2.45) is 5.73 Å². The van der Waals surface area contributed by atoms with Crippen LogP contribution in [-0.4, -0.2) is 49.3 Å². The summed E-state index contributed by atoms with van der Waals surface area (Å²) in [5.41, 5.74) is 5.70. The fraction of sp³-hybridized carbons (Fsp3) is 0.900. The molecule has 0 bridgehead atoms. The quantitative estimate of drug-likeness (QED) is 0.758. The largest absolute Gasteiger partial charge is 0.411 e. The van der Waals surface area contributed by atoms with E-state index in [9.17, 15) is 18.0 Å². The summed E-state index contributed by atoms with van der Waals surface area (Å²) in [6.07, 6.45) is -2.63. The average Bonchev–Trinajstić information content (AvgIpc) is 2.23. The lowest BCUT2D eigenvalue weighted by Gasteiger charge is -2.30. The van der Waals surface area contributed by atoms with Gasteiger partial charge in [-0.15, -0.1) is 0 Å². The molecule has 100 valence electrons. The SMILES string of the molecule is N[C@@H]1CCCN(C(=O)CCOCC(F)(F)F)C1. The van der Waals surface area contributed by atoms with Crippen LogP contribution in [0.1, 0.15) is 19.3 Å². The van der Waals surface area contributed by atoms with E-state index in [1.54, 1.807) is 4.90 Å². The van der Waals surface area contributed by atoms with E-state index in [-0.39, 0.29) is 25.0 Å². The minimum Gasteiger partial charge on any atom is -0.372 e. The van der Waals surface area contributed by atoms with Crippen molar-refractivity contribution < 1.29 is 22.7 Å². The number of alkyl halides is 3. The molecule has 17 heavy (non-hydrogen) atoms. The number of hydrogen-bond acceptors (Lipinski definition) is 3. The summed E-state index contributed by atoms with van der Waals surface area (Å²) < 4.78 is 39.6. The van der Waals surface area contributed by atoms with E-state index in [1.807, 2.05) is 0 Å². The Morgan fingerprint density at radius 2 is 2.18 bits per heavy atom. The first-order chi connectivity index (χ1) is 7.88. The lowest BCUT2D eigenvalue weighted by atomic mass is 10.1. The second kappa shape index (κ2) is 6.20. The molecule has 0 aromatic heterocycles. The van der Waals surface area contributed by atoms with Crippen molar-refractivity contribution in [1.29, 1.82) is 0 Å². The summed E-state index contributed by atoms with van der Waals surface area (Å²) in [6.45, 7) is -0.395. The molecule has 0 aromatic carbocycles. The topological polar surface area (TPSA) is 55.6 Å². The Morgan fingerprint density at radius 3 is 2.76 bits per heavy atom. The van der Waals surface area contributed by atoms with Gasteiger partial charge in [-0.25, -0.2) is 0 Å². The van der Waals surface area contributed by atoms with Gasteiger partial charge in [-0.1, -0.05) is 0 Å². The highest BCUT2D eigenvalue weighted by atomic mass is 19.4. The van der Waals surface area contributed by atoms with Crippen molar-refractivity contribution in [3.8, 4) is 0 Å². The third-order valence-electron chi connectivity index (χ3n) is 2.54.